The number of alkyl halides is 1. The number of nitrogens with zero attached hydrogens (tertiary/aromatic N) is 1. The maximum atomic E-state index is 13.6. The van der Waals surface area contributed by atoms with Gasteiger partial charge in [-0.05, 0) is 24.3 Å². The number of carbonyl (C=O) groups excluding carboxylic acids is 1. The lowest BCUT2D eigenvalue weighted by Gasteiger charge is -2.14. The number of pyridine rings is 1. The van der Waals surface area contributed by atoms with Crippen LogP contribution >= 0.6 is 0 Å². The van der Waals surface area contributed by atoms with Crippen LogP contribution in [0, 0.1) is 0 Å². The first-order chi connectivity index (χ1) is 11.7. The molecule has 2 N–H and O–H groups in total. The van der Waals surface area contributed by atoms with Crippen molar-refractivity contribution in [2.24, 2.45) is 0 Å². The Hall–Kier alpha value is -2.73. The topological polar surface area (TPSA) is 67.2 Å². The number of fused-ring (bicyclic) bond motifs is 1. The van der Waals surface area contributed by atoms with Crippen molar-refractivity contribution in [3.8, 4) is 11.3 Å². The minimum Gasteiger partial charge on any atom is -0.464 e. The number of rotatable bonds is 3. The lowest BCUT2D eigenvalue weighted by Crippen LogP contribution is -2.41. The van der Waals surface area contributed by atoms with E-state index in [1.165, 1.54) is 0 Å². The second-order valence-electron chi connectivity index (χ2n) is 5.82. The van der Waals surface area contributed by atoms with Crippen LogP contribution in [-0.2, 0) is 0 Å². The van der Waals surface area contributed by atoms with Crippen LogP contribution in [0.2, 0.25) is 0 Å². The zero-order valence-electron chi connectivity index (χ0n) is 12.8. The Kier molecular flexibility index (Phi) is 3.74. The lowest BCUT2D eigenvalue weighted by atomic mass is 10.1. The van der Waals surface area contributed by atoms with Gasteiger partial charge in [-0.15, -0.1) is 0 Å². The summed E-state index contributed by atoms with van der Waals surface area (Å²) in [5, 5.41) is 6.56. The van der Waals surface area contributed by atoms with Crippen LogP contribution in [0.3, 0.4) is 0 Å². The summed E-state index contributed by atoms with van der Waals surface area (Å²) < 4.78 is 19.0. The van der Waals surface area contributed by atoms with E-state index >= 15 is 0 Å². The Balaban J connectivity index is 1.56. The van der Waals surface area contributed by atoms with Crippen LogP contribution in [0.5, 0.6) is 0 Å². The average molecular weight is 325 g/mol. The molecular weight excluding hydrogens is 309 g/mol. The number of carbonyl (C=O) groups is 1. The van der Waals surface area contributed by atoms with E-state index in [-0.39, 0.29) is 12.5 Å². The summed E-state index contributed by atoms with van der Waals surface area (Å²) in [5.41, 5.74) is 2.96. The fourth-order valence-electron chi connectivity index (χ4n) is 2.94. The van der Waals surface area contributed by atoms with Gasteiger partial charge in [-0.1, -0.05) is 12.1 Å². The van der Waals surface area contributed by atoms with Gasteiger partial charge in [0.25, 0.3) is 5.91 Å². The van der Waals surface area contributed by atoms with Gasteiger partial charge >= 0.3 is 0 Å². The van der Waals surface area contributed by atoms with E-state index < -0.39 is 12.2 Å². The molecule has 0 radical (unpaired) electrons. The summed E-state index contributed by atoms with van der Waals surface area (Å²) in [6, 6.07) is 10.3. The van der Waals surface area contributed by atoms with Crippen LogP contribution in [0.1, 0.15) is 10.4 Å². The fourth-order valence-corrected chi connectivity index (χ4v) is 2.94. The zero-order chi connectivity index (χ0) is 16.5. The molecule has 3 aromatic rings. The maximum absolute atomic E-state index is 13.6. The van der Waals surface area contributed by atoms with E-state index in [2.05, 4.69) is 15.6 Å². The van der Waals surface area contributed by atoms with Crippen molar-refractivity contribution in [2.45, 2.75) is 12.2 Å². The van der Waals surface area contributed by atoms with Crippen molar-refractivity contribution in [3.05, 3.63) is 54.4 Å². The second kappa shape index (κ2) is 6.05. The Morgan fingerprint density at radius 2 is 2.04 bits per heavy atom. The van der Waals surface area contributed by atoms with Gasteiger partial charge in [-0.2, -0.15) is 0 Å². The fraction of sp³-hybridized carbons (Fsp3) is 0.222. The second-order valence-corrected chi connectivity index (χ2v) is 5.82. The first-order valence-corrected chi connectivity index (χ1v) is 7.80. The molecule has 1 amide bonds. The monoisotopic (exact) mass is 325 g/mol. The molecule has 3 heterocycles. The zero-order valence-corrected chi connectivity index (χ0v) is 12.8. The molecule has 0 unspecified atom stereocenters. The molecule has 4 rings (SSSR count). The molecule has 1 aliphatic heterocycles. The number of furan rings is 1. The lowest BCUT2D eigenvalue weighted by molar-refractivity contribution is 0.0924. The van der Waals surface area contributed by atoms with Gasteiger partial charge in [0.05, 0.1) is 18.0 Å². The molecule has 1 saturated heterocycles. The quantitative estimate of drug-likeness (QED) is 0.776. The summed E-state index contributed by atoms with van der Waals surface area (Å²) in [6.07, 6.45) is 2.27. The highest BCUT2D eigenvalue weighted by Gasteiger charge is 2.28. The van der Waals surface area contributed by atoms with Gasteiger partial charge in [0.2, 0.25) is 0 Å². The number of amides is 1. The first-order valence-electron chi connectivity index (χ1n) is 7.80. The summed E-state index contributed by atoms with van der Waals surface area (Å²) in [5.74, 6) is -0.271. The summed E-state index contributed by atoms with van der Waals surface area (Å²) in [6.45, 7) is 0.738. The van der Waals surface area contributed by atoms with Crippen LogP contribution in [0.15, 0.2) is 53.3 Å². The third kappa shape index (κ3) is 2.65. The highest BCUT2D eigenvalue weighted by atomic mass is 19.1. The Labute approximate surface area is 137 Å². The van der Waals surface area contributed by atoms with Gasteiger partial charge in [0, 0.05) is 35.8 Å². The Morgan fingerprint density at radius 1 is 1.21 bits per heavy atom. The molecule has 1 fully saturated rings. The smallest absolute Gasteiger partial charge is 0.251 e. The van der Waals surface area contributed by atoms with Crippen LogP contribution in [0.4, 0.5) is 4.39 Å². The number of nitrogens with one attached hydrogen (secondary N) is 2. The minimum absolute atomic E-state index is 0.271. The highest BCUT2D eigenvalue weighted by molar-refractivity contribution is 5.96. The van der Waals surface area contributed by atoms with Crippen LogP contribution < -0.4 is 10.6 Å². The molecule has 1 aromatic carbocycles. The summed E-state index contributed by atoms with van der Waals surface area (Å²) in [4.78, 5) is 16.6. The number of halogens is 1. The highest BCUT2D eigenvalue weighted by Crippen LogP contribution is 2.27. The minimum atomic E-state index is -1.05. The first kappa shape index (κ1) is 14.8. The summed E-state index contributed by atoms with van der Waals surface area (Å²) in [7, 11) is 0. The molecule has 6 heteroatoms. The molecule has 2 atom stereocenters. The largest absolute Gasteiger partial charge is 0.464 e. The Morgan fingerprint density at radius 3 is 2.79 bits per heavy atom. The van der Waals surface area contributed by atoms with Crippen molar-refractivity contribution in [1.29, 1.82) is 0 Å². The van der Waals surface area contributed by atoms with Gasteiger partial charge in [0.15, 0.2) is 0 Å². The molecule has 5 nitrogen and oxygen atoms in total. The molecule has 1 aliphatic rings. The SMILES string of the molecule is O=C(N[C@@H]1CNC[C@H]1F)c1ccc(-c2nccc3occc23)cc1. The van der Waals surface area contributed by atoms with Crippen molar-refractivity contribution < 1.29 is 13.6 Å². The summed E-state index contributed by atoms with van der Waals surface area (Å²) >= 11 is 0. The third-order valence-corrected chi connectivity index (χ3v) is 4.26. The third-order valence-electron chi connectivity index (χ3n) is 4.26. The molecule has 122 valence electrons. The molecule has 0 saturated carbocycles. The predicted octanol–water partition coefficient (Wildman–Crippen LogP) is 2.53. The Bertz CT molecular complexity index is 875. The number of hydrogen-bond donors (Lipinski definition) is 2. The van der Waals surface area contributed by atoms with E-state index in [0.717, 1.165) is 22.2 Å². The molecule has 0 aliphatic carbocycles. The number of hydrogen-bond acceptors (Lipinski definition) is 4. The van der Waals surface area contributed by atoms with Gasteiger partial charge in [-0.25, -0.2) is 4.39 Å². The average Bonchev–Trinajstić information content (AvgIpc) is 3.24. The van der Waals surface area contributed by atoms with Gasteiger partial charge in [0.1, 0.15) is 11.8 Å². The molecule has 0 spiro atoms. The van der Waals surface area contributed by atoms with Crippen molar-refractivity contribution in [3.63, 3.8) is 0 Å². The van der Waals surface area contributed by atoms with Crippen molar-refractivity contribution in [2.75, 3.05) is 13.1 Å². The number of benzene rings is 1. The normalized spacial score (nSPS) is 20.4. The van der Waals surface area contributed by atoms with E-state index in [4.69, 9.17) is 4.42 Å². The van der Waals surface area contributed by atoms with Crippen molar-refractivity contribution in [1.82, 2.24) is 15.6 Å². The van der Waals surface area contributed by atoms with E-state index in [1.807, 2.05) is 24.3 Å². The molecule has 2 aromatic heterocycles. The molecule has 0 bridgehead atoms. The predicted molar refractivity (Wildman–Crippen MR) is 88.5 cm³/mol. The van der Waals surface area contributed by atoms with E-state index in [1.54, 1.807) is 24.6 Å². The number of aromatic nitrogens is 1. The van der Waals surface area contributed by atoms with E-state index in [0.29, 0.717) is 12.1 Å². The standard InChI is InChI=1S/C18H16FN3O2/c19-14-9-20-10-15(14)22-18(23)12-3-1-11(2-4-12)17-13-6-8-24-16(13)5-7-21-17/h1-8,14-15,20H,9-10H2,(H,22,23)/t14-,15-/m1/s1. The van der Waals surface area contributed by atoms with Crippen LogP contribution in [0.25, 0.3) is 22.2 Å². The van der Waals surface area contributed by atoms with Gasteiger partial charge in [-0.3, -0.25) is 9.78 Å². The van der Waals surface area contributed by atoms with Crippen molar-refractivity contribution >= 4 is 16.9 Å². The molecular formula is C18H16FN3O2. The van der Waals surface area contributed by atoms with E-state index in [9.17, 15) is 9.18 Å². The maximum Gasteiger partial charge on any atom is 0.251 e. The van der Waals surface area contributed by atoms with Crippen LogP contribution in [-0.4, -0.2) is 36.2 Å². The molecule has 24 heavy (non-hydrogen) atoms. The van der Waals surface area contributed by atoms with Gasteiger partial charge < -0.3 is 15.1 Å².